The molecule has 0 radical (unpaired) electrons. The molecule has 0 aliphatic heterocycles. The number of hydrogen-bond acceptors (Lipinski definition) is 4. The Morgan fingerprint density at radius 1 is 0.358 bits per heavy atom. The van der Waals surface area contributed by atoms with Crippen LogP contribution in [0, 0.1) is 0 Å². The lowest BCUT2D eigenvalue weighted by atomic mass is 10.0. The molecule has 5 nitrogen and oxygen atoms in total. The SMILES string of the molecule is CCCCCCCCCCCCCCCCC/C=C/C(O)C(CO)NC(=O)C(O)CCCCCCCCCCCCCCCCCC/C=C\CCCCCCCCCCCCCCCCCC. The smallest absolute Gasteiger partial charge is 0.249 e. The van der Waals surface area contributed by atoms with Gasteiger partial charge in [-0.15, -0.1) is 0 Å². The van der Waals surface area contributed by atoms with Gasteiger partial charge in [-0.25, -0.2) is 0 Å². The Hall–Kier alpha value is -1.17. The van der Waals surface area contributed by atoms with Crippen LogP contribution in [0.4, 0.5) is 0 Å². The summed E-state index contributed by atoms with van der Waals surface area (Å²) in [6.45, 7) is 4.22. The van der Waals surface area contributed by atoms with Crippen LogP contribution in [-0.2, 0) is 4.79 Å². The van der Waals surface area contributed by atoms with Crippen LogP contribution in [0.5, 0.6) is 0 Å². The molecular formula is C62H121NO4. The molecule has 0 aliphatic carbocycles. The van der Waals surface area contributed by atoms with Crippen molar-refractivity contribution in [2.45, 2.75) is 360 Å². The van der Waals surface area contributed by atoms with E-state index in [0.717, 1.165) is 32.1 Å². The number of aliphatic hydroxyl groups excluding tert-OH is 3. The van der Waals surface area contributed by atoms with Crippen LogP contribution in [0.25, 0.3) is 0 Å². The van der Waals surface area contributed by atoms with Gasteiger partial charge in [-0.1, -0.05) is 321 Å². The highest BCUT2D eigenvalue weighted by Gasteiger charge is 2.22. The van der Waals surface area contributed by atoms with Crippen LogP contribution in [0.2, 0.25) is 0 Å². The summed E-state index contributed by atoms with van der Waals surface area (Å²) in [4.78, 5) is 12.6. The number of amides is 1. The summed E-state index contributed by atoms with van der Waals surface area (Å²) in [5.41, 5.74) is 0. The molecule has 0 heterocycles. The van der Waals surface area contributed by atoms with Crippen LogP contribution < -0.4 is 5.32 Å². The summed E-state index contributed by atoms with van der Waals surface area (Å²) in [6.07, 6.45) is 74.3. The Bertz CT molecular complexity index is 998. The van der Waals surface area contributed by atoms with Crippen molar-refractivity contribution >= 4 is 5.91 Å². The first-order valence-corrected chi connectivity index (χ1v) is 30.7. The normalized spacial score (nSPS) is 13.3. The van der Waals surface area contributed by atoms with E-state index >= 15 is 0 Å². The Kier molecular flexibility index (Phi) is 56.4. The monoisotopic (exact) mass is 944 g/mol. The van der Waals surface area contributed by atoms with Crippen molar-refractivity contribution < 1.29 is 20.1 Å². The maximum absolute atomic E-state index is 12.6. The number of unbranched alkanes of at least 4 members (excludes halogenated alkanes) is 47. The zero-order valence-corrected chi connectivity index (χ0v) is 45.6. The highest BCUT2D eigenvalue weighted by molar-refractivity contribution is 5.80. The first-order chi connectivity index (χ1) is 33.1. The molecule has 0 bridgehead atoms. The fourth-order valence-corrected chi connectivity index (χ4v) is 9.77. The molecule has 0 saturated heterocycles. The molecule has 0 aromatic carbocycles. The van der Waals surface area contributed by atoms with Crippen molar-refractivity contribution in [3.05, 3.63) is 24.3 Å². The number of carbonyl (C=O) groups is 1. The standard InChI is InChI=1S/C62H121NO4/c1-3-5-7-9-11-13-15-17-19-21-22-23-24-25-26-27-28-29-30-31-32-33-34-35-36-37-38-39-41-43-45-47-49-51-53-55-57-61(66)62(67)63-59(58-64)60(65)56-54-52-50-48-46-44-42-40-20-18-16-14-12-10-8-6-4-2/h29-30,54,56,59-61,64-66H,3-28,31-53,55,57-58H2,1-2H3,(H,63,67)/b30-29-,56-54+. The van der Waals surface area contributed by atoms with Gasteiger partial charge in [-0.05, 0) is 44.9 Å². The topological polar surface area (TPSA) is 89.8 Å². The summed E-state index contributed by atoms with van der Waals surface area (Å²) in [5, 5.41) is 33.4. The average Bonchev–Trinajstić information content (AvgIpc) is 3.33. The first-order valence-electron chi connectivity index (χ1n) is 30.7. The van der Waals surface area contributed by atoms with Crippen LogP contribution in [0.1, 0.15) is 341 Å². The lowest BCUT2D eigenvalue weighted by Gasteiger charge is -2.21. The van der Waals surface area contributed by atoms with Crippen LogP contribution in [-0.4, -0.2) is 46.1 Å². The minimum absolute atomic E-state index is 0.360. The van der Waals surface area contributed by atoms with Crippen LogP contribution in [0.15, 0.2) is 24.3 Å². The van der Waals surface area contributed by atoms with E-state index in [-0.39, 0.29) is 6.61 Å². The van der Waals surface area contributed by atoms with Gasteiger partial charge in [0.25, 0.3) is 0 Å². The molecule has 0 aliphatic rings. The quantitative estimate of drug-likeness (QED) is 0.0361. The summed E-state index contributed by atoms with van der Waals surface area (Å²) in [6, 6.07) is -0.796. The molecule has 0 saturated carbocycles. The second kappa shape index (κ2) is 57.4. The van der Waals surface area contributed by atoms with E-state index < -0.39 is 24.2 Å². The molecule has 4 N–H and O–H groups in total. The predicted molar refractivity (Wildman–Crippen MR) is 296 cm³/mol. The molecule has 0 rings (SSSR count). The van der Waals surface area contributed by atoms with E-state index in [2.05, 4.69) is 31.3 Å². The third-order valence-electron chi connectivity index (χ3n) is 14.5. The van der Waals surface area contributed by atoms with E-state index in [9.17, 15) is 20.1 Å². The number of carbonyl (C=O) groups excluding carboxylic acids is 1. The number of allylic oxidation sites excluding steroid dienone is 3. The van der Waals surface area contributed by atoms with E-state index in [1.54, 1.807) is 6.08 Å². The predicted octanol–water partition coefficient (Wildman–Crippen LogP) is 19.2. The van der Waals surface area contributed by atoms with Crippen molar-refractivity contribution in [1.29, 1.82) is 0 Å². The number of aliphatic hydroxyl groups is 3. The third-order valence-corrected chi connectivity index (χ3v) is 14.5. The average molecular weight is 945 g/mol. The van der Waals surface area contributed by atoms with Gasteiger partial charge in [0.05, 0.1) is 18.8 Å². The van der Waals surface area contributed by atoms with E-state index in [1.807, 2.05) is 6.08 Å². The van der Waals surface area contributed by atoms with Gasteiger partial charge in [-0.3, -0.25) is 4.79 Å². The molecule has 67 heavy (non-hydrogen) atoms. The molecule has 5 heteroatoms. The number of nitrogens with one attached hydrogen (secondary N) is 1. The molecule has 1 amide bonds. The summed E-state index contributed by atoms with van der Waals surface area (Å²) in [7, 11) is 0. The maximum atomic E-state index is 12.6. The van der Waals surface area contributed by atoms with Crippen LogP contribution >= 0.6 is 0 Å². The van der Waals surface area contributed by atoms with Crippen LogP contribution in [0.3, 0.4) is 0 Å². The van der Waals surface area contributed by atoms with Crippen molar-refractivity contribution in [3.63, 3.8) is 0 Å². The highest BCUT2D eigenvalue weighted by atomic mass is 16.3. The van der Waals surface area contributed by atoms with Crippen molar-refractivity contribution in [3.8, 4) is 0 Å². The molecule has 0 aromatic heterocycles. The van der Waals surface area contributed by atoms with Gasteiger partial charge in [0.2, 0.25) is 5.91 Å². The lowest BCUT2D eigenvalue weighted by molar-refractivity contribution is -0.131. The third kappa shape index (κ3) is 52.5. The summed E-state index contributed by atoms with van der Waals surface area (Å²) in [5.74, 6) is -0.497. The van der Waals surface area contributed by atoms with Gasteiger partial charge in [-0.2, -0.15) is 0 Å². The molecule has 398 valence electrons. The zero-order valence-electron chi connectivity index (χ0n) is 45.6. The fraction of sp³-hybridized carbons (Fsp3) is 0.919. The molecule has 3 unspecified atom stereocenters. The first kappa shape index (κ1) is 65.8. The van der Waals surface area contributed by atoms with Gasteiger partial charge < -0.3 is 20.6 Å². The molecule has 3 atom stereocenters. The summed E-state index contributed by atoms with van der Waals surface area (Å²) >= 11 is 0. The Morgan fingerprint density at radius 2 is 0.597 bits per heavy atom. The van der Waals surface area contributed by atoms with Gasteiger partial charge in [0.15, 0.2) is 0 Å². The number of rotatable bonds is 57. The largest absolute Gasteiger partial charge is 0.394 e. The van der Waals surface area contributed by atoms with Crippen molar-refractivity contribution in [2.75, 3.05) is 6.61 Å². The highest BCUT2D eigenvalue weighted by Crippen LogP contribution is 2.18. The molecular weight excluding hydrogens is 823 g/mol. The van der Waals surface area contributed by atoms with E-state index in [1.165, 1.54) is 289 Å². The molecule has 0 aromatic rings. The minimum Gasteiger partial charge on any atom is -0.394 e. The Morgan fingerprint density at radius 3 is 0.866 bits per heavy atom. The second-order valence-electron chi connectivity index (χ2n) is 21.3. The maximum Gasteiger partial charge on any atom is 0.249 e. The van der Waals surface area contributed by atoms with E-state index in [4.69, 9.17) is 0 Å². The van der Waals surface area contributed by atoms with Gasteiger partial charge >= 0.3 is 0 Å². The van der Waals surface area contributed by atoms with Crippen molar-refractivity contribution in [1.82, 2.24) is 5.32 Å². The van der Waals surface area contributed by atoms with Gasteiger partial charge in [0.1, 0.15) is 6.10 Å². The second-order valence-corrected chi connectivity index (χ2v) is 21.3. The van der Waals surface area contributed by atoms with Crippen molar-refractivity contribution in [2.24, 2.45) is 0 Å². The Labute approximate surface area is 420 Å². The zero-order chi connectivity index (χ0) is 48.6. The molecule has 0 fully saturated rings. The minimum atomic E-state index is -1.10. The molecule has 0 spiro atoms. The summed E-state index contributed by atoms with van der Waals surface area (Å²) < 4.78 is 0. The lowest BCUT2D eigenvalue weighted by Crippen LogP contribution is -2.48. The fourth-order valence-electron chi connectivity index (χ4n) is 9.77. The Balaban J connectivity index is 3.47. The van der Waals surface area contributed by atoms with E-state index in [0.29, 0.717) is 6.42 Å². The number of hydrogen-bond donors (Lipinski definition) is 4. The van der Waals surface area contributed by atoms with Gasteiger partial charge in [0, 0.05) is 0 Å².